The molecular formula is C11H16O4S. The summed E-state index contributed by atoms with van der Waals surface area (Å²) >= 11 is 3.99. The number of aliphatic hydroxyl groups is 2. The van der Waals surface area contributed by atoms with E-state index in [-0.39, 0.29) is 5.75 Å². The molecular weight excluding hydrogens is 228 g/mol. The van der Waals surface area contributed by atoms with Crippen LogP contribution in [0.3, 0.4) is 0 Å². The highest BCUT2D eigenvalue weighted by Gasteiger charge is 2.21. The molecule has 0 amide bonds. The minimum atomic E-state index is -1.04. The van der Waals surface area contributed by atoms with Crippen LogP contribution >= 0.6 is 12.6 Å². The van der Waals surface area contributed by atoms with Crippen molar-refractivity contribution >= 4 is 12.6 Å². The molecule has 0 saturated heterocycles. The number of rotatable bonds is 5. The molecule has 0 radical (unpaired) electrons. The van der Waals surface area contributed by atoms with Crippen LogP contribution in [0.4, 0.5) is 0 Å². The second-order valence-electron chi connectivity index (χ2n) is 3.45. The molecule has 2 unspecified atom stereocenters. The van der Waals surface area contributed by atoms with Crippen molar-refractivity contribution in [2.75, 3.05) is 12.9 Å². The van der Waals surface area contributed by atoms with Crippen LogP contribution in [0, 0.1) is 0 Å². The highest BCUT2D eigenvalue weighted by Crippen LogP contribution is 2.31. The summed E-state index contributed by atoms with van der Waals surface area (Å²) in [6, 6.07) is 4.36. The fourth-order valence-electron chi connectivity index (χ4n) is 1.44. The van der Waals surface area contributed by atoms with Crippen molar-refractivity contribution in [3.05, 3.63) is 23.8 Å². The molecule has 4 nitrogen and oxygen atoms in total. The maximum absolute atomic E-state index is 9.88. The fraction of sp³-hybridized carbons (Fsp3) is 0.455. The van der Waals surface area contributed by atoms with Crippen molar-refractivity contribution in [1.29, 1.82) is 0 Å². The molecule has 0 aliphatic carbocycles. The van der Waals surface area contributed by atoms with Crippen LogP contribution in [0.1, 0.15) is 18.1 Å². The summed E-state index contributed by atoms with van der Waals surface area (Å²) in [5, 5.41) is 28.8. The lowest BCUT2D eigenvalue weighted by Gasteiger charge is -2.19. The predicted octanol–water partition coefficient (Wildman–Crippen LogP) is 1.11. The number of aliphatic hydroxyl groups excluding tert-OH is 2. The van der Waals surface area contributed by atoms with Gasteiger partial charge in [-0.3, -0.25) is 0 Å². The van der Waals surface area contributed by atoms with E-state index in [0.717, 1.165) is 0 Å². The summed E-state index contributed by atoms with van der Waals surface area (Å²) in [4.78, 5) is 0. The first kappa shape index (κ1) is 13.2. The maximum Gasteiger partial charge on any atom is 0.128 e. The van der Waals surface area contributed by atoms with Crippen molar-refractivity contribution in [3.63, 3.8) is 0 Å². The number of ether oxygens (including phenoxy) is 1. The Hall–Kier alpha value is -0.910. The molecule has 5 heteroatoms. The zero-order valence-corrected chi connectivity index (χ0v) is 9.89. The van der Waals surface area contributed by atoms with Crippen LogP contribution in [0.15, 0.2) is 18.2 Å². The van der Waals surface area contributed by atoms with E-state index in [2.05, 4.69) is 12.6 Å². The largest absolute Gasteiger partial charge is 0.508 e. The van der Waals surface area contributed by atoms with E-state index in [4.69, 9.17) is 4.74 Å². The molecule has 2 atom stereocenters. The van der Waals surface area contributed by atoms with Crippen LogP contribution in [-0.2, 0) is 0 Å². The molecule has 0 aliphatic rings. The third-order valence-corrected chi connectivity index (χ3v) is 2.58. The molecule has 0 bridgehead atoms. The summed E-state index contributed by atoms with van der Waals surface area (Å²) in [5.74, 6) is 0.890. The molecule has 3 N–H and O–H groups in total. The lowest BCUT2D eigenvalue weighted by atomic mass is 10.0. The number of hydrogen-bond donors (Lipinski definition) is 4. The van der Waals surface area contributed by atoms with E-state index in [1.807, 2.05) is 0 Å². The molecule has 1 aromatic rings. The van der Waals surface area contributed by atoms with Crippen molar-refractivity contribution in [1.82, 2.24) is 0 Å². The van der Waals surface area contributed by atoms with Crippen LogP contribution in [0.2, 0.25) is 0 Å². The third-order valence-electron chi connectivity index (χ3n) is 2.33. The summed E-state index contributed by atoms with van der Waals surface area (Å²) < 4.78 is 5.03. The summed E-state index contributed by atoms with van der Waals surface area (Å²) in [6.45, 7) is 0. The molecule has 0 fully saturated rings. The zero-order valence-electron chi connectivity index (χ0n) is 9.00. The number of hydrogen-bond acceptors (Lipinski definition) is 5. The quantitative estimate of drug-likeness (QED) is 0.586. The van der Waals surface area contributed by atoms with Gasteiger partial charge in [0.1, 0.15) is 17.6 Å². The molecule has 0 heterocycles. The van der Waals surface area contributed by atoms with Gasteiger partial charge in [0.15, 0.2) is 0 Å². The van der Waals surface area contributed by atoms with Gasteiger partial charge in [-0.1, -0.05) is 0 Å². The van der Waals surface area contributed by atoms with Crippen molar-refractivity contribution in [3.8, 4) is 11.5 Å². The second kappa shape index (κ2) is 5.98. The Morgan fingerprint density at radius 3 is 2.62 bits per heavy atom. The van der Waals surface area contributed by atoms with Gasteiger partial charge in [0.25, 0.3) is 0 Å². The monoisotopic (exact) mass is 244 g/mol. The van der Waals surface area contributed by atoms with E-state index >= 15 is 0 Å². The minimum absolute atomic E-state index is 0.0523. The highest BCUT2D eigenvalue weighted by molar-refractivity contribution is 7.80. The maximum atomic E-state index is 9.88. The van der Waals surface area contributed by atoms with Crippen molar-refractivity contribution < 1.29 is 20.1 Å². The molecule has 0 spiro atoms. The van der Waals surface area contributed by atoms with Crippen LogP contribution < -0.4 is 4.74 Å². The highest BCUT2D eigenvalue weighted by atomic mass is 32.1. The number of aromatic hydroxyl groups is 1. The normalized spacial score (nSPS) is 14.5. The number of benzene rings is 1. The Bertz CT molecular complexity index is 343. The molecule has 1 rings (SSSR count). The Kier molecular flexibility index (Phi) is 4.92. The topological polar surface area (TPSA) is 69.9 Å². The SMILES string of the molecule is COc1cc(O)ccc1C(O)C(O)CCS. The Morgan fingerprint density at radius 1 is 1.38 bits per heavy atom. The zero-order chi connectivity index (χ0) is 12.1. The lowest BCUT2D eigenvalue weighted by molar-refractivity contribution is 0.0158. The predicted molar refractivity (Wildman–Crippen MR) is 64.1 cm³/mol. The summed E-state index contributed by atoms with van der Waals surface area (Å²) in [6.07, 6.45) is -1.55. The molecule has 0 aromatic heterocycles. The average Bonchev–Trinajstić information content (AvgIpc) is 2.28. The minimum Gasteiger partial charge on any atom is -0.508 e. The van der Waals surface area contributed by atoms with Gasteiger partial charge in [-0.05, 0) is 24.3 Å². The van der Waals surface area contributed by atoms with Gasteiger partial charge in [-0.25, -0.2) is 0 Å². The number of methoxy groups -OCH3 is 1. The van der Waals surface area contributed by atoms with Gasteiger partial charge in [0.2, 0.25) is 0 Å². The first-order chi connectivity index (χ1) is 7.60. The first-order valence-electron chi connectivity index (χ1n) is 4.94. The molecule has 0 aliphatic heterocycles. The van der Waals surface area contributed by atoms with Crippen LogP contribution in [-0.4, -0.2) is 34.3 Å². The van der Waals surface area contributed by atoms with Crippen molar-refractivity contribution in [2.45, 2.75) is 18.6 Å². The lowest BCUT2D eigenvalue weighted by Crippen LogP contribution is -2.19. The van der Waals surface area contributed by atoms with Gasteiger partial charge in [-0.2, -0.15) is 12.6 Å². The van der Waals surface area contributed by atoms with Crippen LogP contribution in [0.5, 0.6) is 11.5 Å². The summed E-state index contributed by atoms with van der Waals surface area (Å²) in [5.41, 5.74) is 0.453. The van der Waals surface area contributed by atoms with Gasteiger partial charge in [0, 0.05) is 11.6 Å². The van der Waals surface area contributed by atoms with E-state index in [0.29, 0.717) is 23.5 Å². The van der Waals surface area contributed by atoms with E-state index in [1.54, 1.807) is 0 Å². The number of phenols is 1. The number of thiol groups is 1. The Balaban J connectivity index is 2.93. The molecule has 1 aromatic carbocycles. The standard InChI is InChI=1S/C11H16O4S/c1-15-10-6-7(12)2-3-8(10)11(14)9(13)4-5-16/h2-3,6,9,11-14,16H,4-5H2,1H3. The van der Waals surface area contributed by atoms with Gasteiger partial charge in [-0.15, -0.1) is 0 Å². The van der Waals surface area contributed by atoms with E-state index in [9.17, 15) is 15.3 Å². The third kappa shape index (κ3) is 3.04. The second-order valence-corrected chi connectivity index (χ2v) is 3.90. The summed E-state index contributed by atoms with van der Waals surface area (Å²) in [7, 11) is 1.44. The van der Waals surface area contributed by atoms with Gasteiger partial charge >= 0.3 is 0 Å². The average molecular weight is 244 g/mol. The van der Waals surface area contributed by atoms with Crippen molar-refractivity contribution in [2.24, 2.45) is 0 Å². The number of phenolic OH excluding ortho intramolecular Hbond substituents is 1. The van der Waals surface area contributed by atoms with E-state index in [1.165, 1.54) is 25.3 Å². The van der Waals surface area contributed by atoms with Gasteiger partial charge in [0.05, 0.1) is 13.2 Å². The first-order valence-corrected chi connectivity index (χ1v) is 5.57. The Labute approximate surface area is 99.9 Å². The van der Waals surface area contributed by atoms with Gasteiger partial charge < -0.3 is 20.1 Å². The smallest absolute Gasteiger partial charge is 0.128 e. The fourth-order valence-corrected chi connectivity index (χ4v) is 1.71. The van der Waals surface area contributed by atoms with Crippen LogP contribution in [0.25, 0.3) is 0 Å². The molecule has 90 valence electrons. The molecule has 16 heavy (non-hydrogen) atoms. The van der Waals surface area contributed by atoms with E-state index < -0.39 is 12.2 Å². The Morgan fingerprint density at radius 2 is 2.06 bits per heavy atom. The molecule has 0 saturated carbocycles.